The summed E-state index contributed by atoms with van der Waals surface area (Å²) < 4.78 is 0. The molecule has 1 aliphatic heterocycles. The van der Waals surface area contributed by atoms with Crippen LogP contribution in [0.4, 0.5) is 0 Å². The largest absolute Gasteiger partial charge is 0.343 e. The Kier molecular flexibility index (Phi) is 11.7. The maximum atomic E-state index is 12.9. The molecule has 1 aromatic rings. The molecule has 1 aliphatic rings. The molecule has 1 N–H and O–H groups in total. The van der Waals surface area contributed by atoms with Crippen molar-refractivity contribution in [3.05, 3.63) is 35.9 Å². The topological polar surface area (TPSA) is 35.6 Å². The van der Waals surface area contributed by atoms with Crippen LogP contribution in [0.5, 0.6) is 0 Å². The molecule has 7 heteroatoms. The molecule has 1 saturated heterocycles. The van der Waals surface area contributed by atoms with Crippen molar-refractivity contribution < 1.29 is 4.79 Å². The Bertz CT molecular complexity index is 444. The van der Waals surface area contributed by atoms with Gasteiger partial charge in [0.15, 0.2) is 0 Å². The van der Waals surface area contributed by atoms with Crippen LogP contribution in [0.1, 0.15) is 11.6 Å². The summed E-state index contributed by atoms with van der Waals surface area (Å²) in [6.07, 6.45) is 0. The van der Waals surface area contributed by atoms with E-state index in [0.29, 0.717) is 0 Å². The molecule has 132 valence electrons. The summed E-state index contributed by atoms with van der Waals surface area (Å²) in [6, 6.07) is 10.0. The number of carbonyl (C=O) groups excluding carboxylic acids is 1. The fourth-order valence-corrected chi connectivity index (χ4v) is 3.51. The van der Waals surface area contributed by atoms with Crippen molar-refractivity contribution in [3.8, 4) is 0 Å². The monoisotopic (exact) mass is 379 g/mol. The van der Waals surface area contributed by atoms with Gasteiger partial charge in [-0.15, -0.1) is 24.8 Å². The number of hydrogen-bond donors (Lipinski definition) is 1. The number of likely N-dealkylation sites (N-methyl/N-ethyl adjacent to an activating group) is 2. The molecule has 1 aromatic carbocycles. The van der Waals surface area contributed by atoms with Gasteiger partial charge in [-0.2, -0.15) is 11.8 Å². The summed E-state index contributed by atoms with van der Waals surface area (Å²) in [5, 5.41) is 3.10. The van der Waals surface area contributed by atoms with Gasteiger partial charge < -0.3 is 10.2 Å². The lowest BCUT2D eigenvalue weighted by Crippen LogP contribution is -2.46. The van der Waals surface area contributed by atoms with Gasteiger partial charge in [0.25, 0.3) is 0 Å². The number of amides is 1. The van der Waals surface area contributed by atoms with Crippen LogP contribution in [0.2, 0.25) is 0 Å². The first kappa shape index (κ1) is 22.5. The SMILES string of the molecule is CNCCN(C)C(=O)C(c1ccccc1)N1CCSCC1.Cl.Cl. The molecular formula is C16H27Cl2N3OS. The Morgan fingerprint density at radius 3 is 2.43 bits per heavy atom. The first-order valence-corrected chi connectivity index (χ1v) is 8.66. The van der Waals surface area contributed by atoms with Gasteiger partial charge in [0, 0.05) is 44.7 Å². The number of nitrogens with zero attached hydrogens (tertiary/aromatic N) is 2. The lowest BCUT2D eigenvalue weighted by atomic mass is 10.0. The van der Waals surface area contributed by atoms with Crippen LogP contribution in [-0.4, -0.2) is 67.5 Å². The number of thioether (sulfide) groups is 1. The zero-order chi connectivity index (χ0) is 15.1. The van der Waals surface area contributed by atoms with Gasteiger partial charge >= 0.3 is 0 Å². The van der Waals surface area contributed by atoms with E-state index in [1.165, 1.54) is 0 Å². The van der Waals surface area contributed by atoms with E-state index in [-0.39, 0.29) is 36.8 Å². The van der Waals surface area contributed by atoms with Crippen molar-refractivity contribution in [2.24, 2.45) is 0 Å². The molecule has 1 amide bonds. The summed E-state index contributed by atoms with van der Waals surface area (Å²) in [7, 11) is 3.81. The van der Waals surface area contributed by atoms with E-state index in [2.05, 4.69) is 22.3 Å². The summed E-state index contributed by atoms with van der Waals surface area (Å²) >= 11 is 1.97. The molecule has 1 heterocycles. The molecule has 0 saturated carbocycles. The van der Waals surface area contributed by atoms with E-state index >= 15 is 0 Å². The third-order valence-corrected chi connectivity index (χ3v) is 4.78. The molecule has 0 radical (unpaired) electrons. The minimum atomic E-state index is -0.144. The van der Waals surface area contributed by atoms with Crippen molar-refractivity contribution in [2.75, 3.05) is 51.8 Å². The lowest BCUT2D eigenvalue weighted by Gasteiger charge is -2.35. The first-order valence-electron chi connectivity index (χ1n) is 7.50. The molecule has 0 aliphatic carbocycles. The average molecular weight is 380 g/mol. The Morgan fingerprint density at radius 2 is 1.87 bits per heavy atom. The second-order valence-corrected chi connectivity index (χ2v) is 6.55. The molecule has 1 fully saturated rings. The number of rotatable bonds is 6. The third kappa shape index (κ3) is 6.51. The summed E-state index contributed by atoms with van der Waals surface area (Å²) in [6.45, 7) is 3.52. The van der Waals surface area contributed by atoms with Crippen LogP contribution >= 0.6 is 36.6 Å². The highest BCUT2D eigenvalue weighted by molar-refractivity contribution is 7.99. The zero-order valence-electron chi connectivity index (χ0n) is 13.7. The molecule has 1 unspecified atom stereocenters. The molecule has 2 rings (SSSR count). The predicted octanol–water partition coefficient (Wildman–Crippen LogP) is 2.30. The smallest absolute Gasteiger partial charge is 0.244 e. The maximum absolute atomic E-state index is 12.9. The zero-order valence-corrected chi connectivity index (χ0v) is 16.2. The minimum absolute atomic E-state index is 0. The molecule has 4 nitrogen and oxygen atoms in total. The van der Waals surface area contributed by atoms with E-state index in [1.807, 2.05) is 49.0 Å². The van der Waals surface area contributed by atoms with Gasteiger partial charge in [-0.3, -0.25) is 9.69 Å². The minimum Gasteiger partial charge on any atom is -0.343 e. The van der Waals surface area contributed by atoms with Crippen molar-refractivity contribution in [2.45, 2.75) is 6.04 Å². The molecule has 0 aromatic heterocycles. The highest BCUT2D eigenvalue weighted by atomic mass is 35.5. The number of benzene rings is 1. The van der Waals surface area contributed by atoms with Crippen LogP contribution < -0.4 is 5.32 Å². The first-order chi connectivity index (χ1) is 10.2. The van der Waals surface area contributed by atoms with Crippen molar-refractivity contribution in [1.29, 1.82) is 0 Å². The van der Waals surface area contributed by atoms with Crippen LogP contribution in [0.25, 0.3) is 0 Å². The predicted molar refractivity (Wildman–Crippen MR) is 104 cm³/mol. The van der Waals surface area contributed by atoms with Gasteiger partial charge in [0.05, 0.1) is 0 Å². The quantitative estimate of drug-likeness (QED) is 0.822. The van der Waals surface area contributed by atoms with Crippen LogP contribution in [0, 0.1) is 0 Å². The molecule has 0 bridgehead atoms. The van der Waals surface area contributed by atoms with E-state index in [0.717, 1.165) is 43.2 Å². The number of nitrogens with one attached hydrogen (secondary N) is 1. The molecule has 23 heavy (non-hydrogen) atoms. The van der Waals surface area contributed by atoms with Crippen LogP contribution in [-0.2, 0) is 4.79 Å². The Balaban J connectivity index is 0.00000242. The fraction of sp³-hybridized carbons (Fsp3) is 0.562. The fourth-order valence-electron chi connectivity index (χ4n) is 2.58. The van der Waals surface area contributed by atoms with Crippen LogP contribution in [0.15, 0.2) is 30.3 Å². The highest BCUT2D eigenvalue weighted by Crippen LogP contribution is 2.25. The summed E-state index contributed by atoms with van der Waals surface area (Å²) in [4.78, 5) is 17.1. The molecular weight excluding hydrogens is 353 g/mol. The third-order valence-electron chi connectivity index (χ3n) is 3.83. The summed E-state index contributed by atoms with van der Waals surface area (Å²) in [5.74, 6) is 2.41. The lowest BCUT2D eigenvalue weighted by molar-refractivity contribution is -0.135. The second-order valence-electron chi connectivity index (χ2n) is 5.32. The van der Waals surface area contributed by atoms with Gasteiger partial charge in [-0.25, -0.2) is 0 Å². The Morgan fingerprint density at radius 1 is 1.26 bits per heavy atom. The number of halogens is 2. The van der Waals surface area contributed by atoms with E-state index in [1.54, 1.807) is 0 Å². The van der Waals surface area contributed by atoms with Crippen molar-refractivity contribution in [3.63, 3.8) is 0 Å². The highest BCUT2D eigenvalue weighted by Gasteiger charge is 2.30. The standard InChI is InChI=1S/C16H25N3OS.2ClH/c1-17-8-9-18(2)16(20)15(14-6-4-3-5-7-14)19-10-12-21-13-11-19;;/h3-7,15,17H,8-13H2,1-2H3;2*1H. The van der Waals surface area contributed by atoms with Crippen molar-refractivity contribution in [1.82, 2.24) is 15.1 Å². The van der Waals surface area contributed by atoms with E-state index < -0.39 is 0 Å². The van der Waals surface area contributed by atoms with Gasteiger partial charge in [0.2, 0.25) is 5.91 Å². The number of hydrogen-bond acceptors (Lipinski definition) is 4. The van der Waals surface area contributed by atoms with E-state index in [9.17, 15) is 4.79 Å². The van der Waals surface area contributed by atoms with Gasteiger partial charge in [0.1, 0.15) is 6.04 Å². The molecule has 1 atom stereocenters. The second kappa shape index (κ2) is 12.0. The molecule has 0 spiro atoms. The summed E-state index contributed by atoms with van der Waals surface area (Å²) in [5.41, 5.74) is 1.10. The Hall–Kier alpha value is -0.460. The van der Waals surface area contributed by atoms with Gasteiger partial charge in [-0.1, -0.05) is 30.3 Å². The van der Waals surface area contributed by atoms with Crippen LogP contribution in [0.3, 0.4) is 0 Å². The maximum Gasteiger partial charge on any atom is 0.244 e. The van der Waals surface area contributed by atoms with E-state index in [4.69, 9.17) is 0 Å². The Labute approximate surface area is 156 Å². The van der Waals surface area contributed by atoms with Gasteiger partial charge in [-0.05, 0) is 12.6 Å². The number of carbonyl (C=O) groups is 1. The normalized spacial score (nSPS) is 15.9. The van der Waals surface area contributed by atoms with Crippen molar-refractivity contribution >= 4 is 42.5 Å². The average Bonchev–Trinajstić information content (AvgIpc) is 2.54.